The summed E-state index contributed by atoms with van der Waals surface area (Å²) in [6.07, 6.45) is 0. The van der Waals surface area contributed by atoms with Gasteiger partial charge in [-0.2, -0.15) is 0 Å². The lowest BCUT2D eigenvalue weighted by atomic mass is 10.1. The van der Waals surface area contributed by atoms with Gasteiger partial charge < -0.3 is 5.32 Å². The summed E-state index contributed by atoms with van der Waals surface area (Å²) in [6.45, 7) is 0.393. The van der Waals surface area contributed by atoms with Crippen LogP contribution in [0.1, 0.15) is 15.2 Å². The smallest absolute Gasteiger partial charge is 0.263 e. The van der Waals surface area contributed by atoms with Crippen LogP contribution in [0, 0.1) is 0 Å². The molecular formula is C17H13ClN2OS. The fraction of sp³-hybridized carbons (Fsp3) is 0.0588. The number of aromatic nitrogens is 1. The molecule has 1 amide bonds. The average molecular weight is 329 g/mol. The van der Waals surface area contributed by atoms with Gasteiger partial charge in [0.05, 0.1) is 11.2 Å². The van der Waals surface area contributed by atoms with E-state index in [0.29, 0.717) is 22.1 Å². The fourth-order valence-corrected chi connectivity index (χ4v) is 3.03. The van der Waals surface area contributed by atoms with Gasteiger partial charge in [0.2, 0.25) is 0 Å². The van der Waals surface area contributed by atoms with Gasteiger partial charge >= 0.3 is 0 Å². The fourth-order valence-electron chi connectivity index (χ4n) is 2.11. The first kappa shape index (κ1) is 14.8. The number of hydrogen-bond acceptors (Lipinski definition) is 3. The number of carbonyl (C=O) groups excluding carboxylic acids is 1. The highest BCUT2D eigenvalue weighted by atomic mass is 35.5. The third kappa shape index (κ3) is 3.18. The summed E-state index contributed by atoms with van der Waals surface area (Å²) in [5.41, 5.74) is 4.23. The van der Waals surface area contributed by atoms with Crippen molar-refractivity contribution in [1.29, 1.82) is 0 Å². The molecule has 3 rings (SSSR count). The van der Waals surface area contributed by atoms with Crippen LogP contribution in [0.25, 0.3) is 11.3 Å². The molecule has 2 aromatic carbocycles. The Morgan fingerprint density at radius 3 is 2.59 bits per heavy atom. The number of hydrogen-bond donors (Lipinski definition) is 1. The van der Waals surface area contributed by atoms with Crippen LogP contribution in [0.5, 0.6) is 0 Å². The number of benzene rings is 2. The highest BCUT2D eigenvalue weighted by Crippen LogP contribution is 2.25. The van der Waals surface area contributed by atoms with Gasteiger partial charge in [-0.15, -0.1) is 11.3 Å². The molecule has 0 atom stereocenters. The molecule has 0 aliphatic heterocycles. The van der Waals surface area contributed by atoms with Crippen LogP contribution in [0.15, 0.2) is 60.1 Å². The third-order valence-corrected chi connectivity index (χ3v) is 4.41. The van der Waals surface area contributed by atoms with Crippen molar-refractivity contribution >= 4 is 28.8 Å². The van der Waals surface area contributed by atoms with E-state index in [0.717, 1.165) is 11.1 Å². The van der Waals surface area contributed by atoms with Crippen LogP contribution in [-0.4, -0.2) is 10.9 Å². The molecule has 0 radical (unpaired) electrons. The molecule has 22 heavy (non-hydrogen) atoms. The van der Waals surface area contributed by atoms with Crippen molar-refractivity contribution in [2.75, 3.05) is 0 Å². The molecule has 0 saturated carbocycles. The van der Waals surface area contributed by atoms with E-state index in [1.54, 1.807) is 5.51 Å². The molecule has 5 heteroatoms. The molecular weight excluding hydrogens is 316 g/mol. The summed E-state index contributed by atoms with van der Waals surface area (Å²) in [6, 6.07) is 17.2. The molecule has 0 unspecified atom stereocenters. The number of halogens is 1. The Morgan fingerprint density at radius 2 is 1.82 bits per heavy atom. The van der Waals surface area contributed by atoms with Crippen molar-refractivity contribution in [3.05, 3.63) is 75.6 Å². The van der Waals surface area contributed by atoms with Crippen LogP contribution in [-0.2, 0) is 6.54 Å². The quantitative estimate of drug-likeness (QED) is 0.771. The van der Waals surface area contributed by atoms with Gasteiger partial charge in [0.1, 0.15) is 4.88 Å². The molecule has 3 nitrogen and oxygen atoms in total. The highest BCUT2D eigenvalue weighted by molar-refractivity contribution is 7.12. The lowest BCUT2D eigenvalue weighted by Crippen LogP contribution is -2.22. The Hall–Kier alpha value is -2.17. The topological polar surface area (TPSA) is 42.0 Å². The minimum Gasteiger partial charge on any atom is -0.347 e. The van der Waals surface area contributed by atoms with Gasteiger partial charge in [-0.05, 0) is 11.6 Å². The first-order valence-corrected chi connectivity index (χ1v) is 8.02. The maximum Gasteiger partial charge on any atom is 0.263 e. The minimum atomic E-state index is -0.138. The van der Waals surface area contributed by atoms with E-state index in [2.05, 4.69) is 10.3 Å². The van der Waals surface area contributed by atoms with E-state index in [1.807, 2.05) is 54.6 Å². The van der Waals surface area contributed by atoms with Crippen molar-refractivity contribution < 1.29 is 4.79 Å². The SMILES string of the molecule is O=C(NCc1ccccc1Cl)c1scnc1-c1ccccc1. The summed E-state index contributed by atoms with van der Waals surface area (Å²) < 4.78 is 0. The van der Waals surface area contributed by atoms with Crippen molar-refractivity contribution in [3.8, 4) is 11.3 Å². The molecule has 0 spiro atoms. The largest absolute Gasteiger partial charge is 0.347 e. The molecule has 0 bridgehead atoms. The number of carbonyl (C=O) groups is 1. The Balaban J connectivity index is 1.77. The normalized spacial score (nSPS) is 10.4. The molecule has 1 N–H and O–H groups in total. The predicted molar refractivity (Wildman–Crippen MR) is 90.2 cm³/mol. The maximum atomic E-state index is 12.4. The second kappa shape index (κ2) is 6.73. The Morgan fingerprint density at radius 1 is 1.09 bits per heavy atom. The summed E-state index contributed by atoms with van der Waals surface area (Å²) in [5.74, 6) is -0.138. The Kier molecular flexibility index (Phi) is 4.51. The zero-order valence-corrected chi connectivity index (χ0v) is 13.2. The molecule has 1 heterocycles. The van der Waals surface area contributed by atoms with Crippen LogP contribution >= 0.6 is 22.9 Å². The lowest BCUT2D eigenvalue weighted by Gasteiger charge is -2.07. The molecule has 3 aromatic rings. The summed E-state index contributed by atoms with van der Waals surface area (Å²) in [5, 5.41) is 3.55. The summed E-state index contributed by atoms with van der Waals surface area (Å²) >= 11 is 7.43. The van der Waals surface area contributed by atoms with Crippen molar-refractivity contribution in [3.63, 3.8) is 0 Å². The van der Waals surface area contributed by atoms with E-state index in [-0.39, 0.29) is 5.91 Å². The van der Waals surface area contributed by atoms with Crippen LogP contribution in [0.3, 0.4) is 0 Å². The first-order valence-electron chi connectivity index (χ1n) is 6.76. The monoisotopic (exact) mass is 328 g/mol. The van der Waals surface area contributed by atoms with Crippen LogP contribution < -0.4 is 5.32 Å². The van der Waals surface area contributed by atoms with Gasteiger partial charge in [-0.1, -0.05) is 60.1 Å². The van der Waals surface area contributed by atoms with E-state index < -0.39 is 0 Å². The first-order chi connectivity index (χ1) is 10.8. The molecule has 110 valence electrons. The van der Waals surface area contributed by atoms with E-state index in [4.69, 9.17) is 11.6 Å². The Bertz CT molecular complexity index is 786. The van der Waals surface area contributed by atoms with Gasteiger partial charge in [0.15, 0.2) is 0 Å². The van der Waals surface area contributed by atoms with Crippen LogP contribution in [0.2, 0.25) is 5.02 Å². The van der Waals surface area contributed by atoms with Crippen molar-refractivity contribution in [2.24, 2.45) is 0 Å². The zero-order chi connectivity index (χ0) is 15.4. The maximum absolute atomic E-state index is 12.4. The standard InChI is InChI=1S/C17H13ClN2OS/c18-14-9-5-4-8-13(14)10-19-17(21)16-15(20-11-22-16)12-6-2-1-3-7-12/h1-9,11H,10H2,(H,19,21). The van der Waals surface area contributed by atoms with Crippen molar-refractivity contribution in [2.45, 2.75) is 6.54 Å². The van der Waals surface area contributed by atoms with Gasteiger partial charge in [-0.3, -0.25) is 4.79 Å². The van der Waals surface area contributed by atoms with Gasteiger partial charge in [-0.25, -0.2) is 4.98 Å². The number of amides is 1. The van der Waals surface area contributed by atoms with Crippen molar-refractivity contribution in [1.82, 2.24) is 10.3 Å². The molecule has 0 fully saturated rings. The Labute approximate surface area is 137 Å². The van der Waals surface area contributed by atoms with E-state index >= 15 is 0 Å². The van der Waals surface area contributed by atoms with Gasteiger partial charge in [0, 0.05) is 17.1 Å². The second-order valence-electron chi connectivity index (χ2n) is 4.67. The molecule has 0 saturated heterocycles. The number of nitrogens with zero attached hydrogens (tertiary/aromatic N) is 1. The minimum absolute atomic E-state index is 0.138. The average Bonchev–Trinajstić information content (AvgIpc) is 3.04. The predicted octanol–water partition coefficient (Wildman–Crippen LogP) is 4.39. The molecule has 1 aromatic heterocycles. The lowest BCUT2D eigenvalue weighted by molar-refractivity contribution is 0.0955. The number of rotatable bonds is 4. The number of nitrogens with one attached hydrogen (secondary N) is 1. The molecule has 0 aliphatic rings. The zero-order valence-electron chi connectivity index (χ0n) is 11.6. The summed E-state index contributed by atoms with van der Waals surface area (Å²) in [7, 11) is 0. The van der Waals surface area contributed by atoms with E-state index in [1.165, 1.54) is 11.3 Å². The highest BCUT2D eigenvalue weighted by Gasteiger charge is 2.16. The number of thiazole rings is 1. The van der Waals surface area contributed by atoms with Gasteiger partial charge in [0.25, 0.3) is 5.91 Å². The van der Waals surface area contributed by atoms with E-state index in [9.17, 15) is 4.79 Å². The third-order valence-electron chi connectivity index (χ3n) is 3.22. The summed E-state index contributed by atoms with van der Waals surface area (Å²) in [4.78, 5) is 17.3. The van der Waals surface area contributed by atoms with Crippen LogP contribution in [0.4, 0.5) is 0 Å². The second-order valence-corrected chi connectivity index (χ2v) is 5.93. The molecule has 0 aliphatic carbocycles.